The Labute approximate surface area is 120 Å². The summed E-state index contributed by atoms with van der Waals surface area (Å²) in [6, 6.07) is 7.13. The van der Waals surface area contributed by atoms with E-state index in [4.69, 9.17) is 5.73 Å². The number of hydrogen-bond donors (Lipinski definition) is 1. The van der Waals surface area contributed by atoms with E-state index in [0.29, 0.717) is 5.56 Å². The van der Waals surface area contributed by atoms with Gasteiger partial charge in [-0.25, -0.2) is 4.98 Å². The molecular weight excluding hydrogens is 363 g/mol. The minimum Gasteiger partial charge on any atom is -0.366 e. The Morgan fingerprint density at radius 2 is 2.28 bits per heavy atom. The molecule has 1 amide bonds. The lowest BCUT2D eigenvalue weighted by molar-refractivity contribution is 0.100. The second-order valence-electron chi connectivity index (χ2n) is 3.63. The van der Waals surface area contributed by atoms with Crippen LogP contribution in [0.4, 0.5) is 0 Å². The molecule has 0 aliphatic heterocycles. The molecule has 0 spiro atoms. The summed E-state index contributed by atoms with van der Waals surface area (Å²) in [6.07, 6.45) is 1.77. The van der Waals surface area contributed by atoms with E-state index in [1.165, 1.54) is 11.3 Å². The molecule has 2 aromatic heterocycles. The third kappa shape index (κ3) is 1.89. The first-order valence-corrected chi connectivity index (χ1v) is 6.95. The molecule has 3 aromatic rings. The van der Waals surface area contributed by atoms with Gasteiger partial charge in [0.2, 0.25) is 10.9 Å². The fourth-order valence-corrected chi connectivity index (χ4v) is 3.10. The van der Waals surface area contributed by atoms with Crippen LogP contribution in [0.1, 0.15) is 10.4 Å². The first kappa shape index (κ1) is 11.6. The molecule has 0 aliphatic carbocycles. The highest BCUT2D eigenvalue weighted by Gasteiger charge is 2.11. The van der Waals surface area contributed by atoms with Gasteiger partial charge in [-0.3, -0.25) is 4.79 Å². The number of halogens is 1. The predicted molar refractivity (Wildman–Crippen MR) is 77.5 cm³/mol. The first-order chi connectivity index (χ1) is 8.65. The number of carbonyl (C=O) groups is 1. The van der Waals surface area contributed by atoms with Crippen LogP contribution in [0.25, 0.3) is 15.5 Å². The molecule has 5 nitrogen and oxygen atoms in total. The SMILES string of the molecule is NC(=O)c1cccc(-c2nn3c(I)cnc3s2)c1. The van der Waals surface area contributed by atoms with E-state index in [9.17, 15) is 4.79 Å². The van der Waals surface area contributed by atoms with Crippen molar-refractivity contribution in [1.29, 1.82) is 0 Å². The van der Waals surface area contributed by atoms with Gasteiger partial charge in [0.25, 0.3) is 0 Å². The Morgan fingerprint density at radius 3 is 3.00 bits per heavy atom. The molecule has 0 atom stereocenters. The Morgan fingerprint density at radius 1 is 1.44 bits per heavy atom. The molecule has 0 saturated heterocycles. The molecule has 18 heavy (non-hydrogen) atoms. The van der Waals surface area contributed by atoms with Crippen LogP contribution >= 0.6 is 33.9 Å². The number of rotatable bonds is 2. The third-order valence-electron chi connectivity index (χ3n) is 2.44. The largest absolute Gasteiger partial charge is 0.366 e. The van der Waals surface area contributed by atoms with Crippen molar-refractivity contribution in [3.05, 3.63) is 39.7 Å². The number of nitrogens with zero attached hydrogens (tertiary/aromatic N) is 3. The lowest BCUT2D eigenvalue weighted by Gasteiger charge is -1.98. The highest BCUT2D eigenvalue weighted by atomic mass is 127. The number of carbonyl (C=O) groups excluding carboxylic acids is 1. The van der Waals surface area contributed by atoms with Gasteiger partial charge in [-0.1, -0.05) is 23.5 Å². The van der Waals surface area contributed by atoms with Crippen LogP contribution in [0.2, 0.25) is 0 Å². The van der Waals surface area contributed by atoms with Crippen molar-refractivity contribution in [2.45, 2.75) is 0 Å². The summed E-state index contributed by atoms with van der Waals surface area (Å²) < 4.78 is 2.73. The predicted octanol–water partition coefficient (Wildman–Crippen LogP) is 2.16. The number of nitrogens with two attached hydrogens (primary N) is 1. The summed E-state index contributed by atoms with van der Waals surface area (Å²) in [6.45, 7) is 0. The van der Waals surface area contributed by atoms with E-state index in [1.807, 2.05) is 6.07 Å². The number of amides is 1. The average molecular weight is 370 g/mol. The number of hydrogen-bond acceptors (Lipinski definition) is 4. The zero-order valence-electron chi connectivity index (χ0n) is 9.00. The summed E-state index contributed by atoms with van der Waals surface area (Å²) in [7, 11) is 0. The molecule has 0 aliphatic rings. The molecule has 0 radical (unpaired) electrons. The second-order valence-corrected chi connectivity index (χ2v) is 5.69. The molecule has 2 N–H and O–H groups in total. The zero-order valence-corrected chi connectivity index (χ0v) is 12.0. The zero-order chi connectivity index (χ0) is 12.7. The average Bonchev–Trinajstić information content (AvgIpc) is 2.92. The van der Waals surface area contributed by atoms with Crippen LogP contribution in [0, 0.1) is 3.70 Å². The van der Waals surface area contributed by atoms with Crippen LogP contribution in [-0.4, -0.2) is 20.5 Å². The number of primary amides is 1. The van der Waals surface area contributed by atoms with Gasteiger partial charge in [0.05, 0.1) is 6.20 Å². The minimum absolute atomic E-state index is 0.437. The maximum Gasteiger partial charge on any atom is 0.248 e. The maximum absolute atomic E-state index is 11.1. The third-order valence-corrected chi connectivity index (χ3v) is 4.14. The van der Waals surface area contributed by atoms with Crippen molar-refractivity contribution in [2.75, 3.05) is 0 Å². The van der Waals surface area contributed by atoms with Crippen LogP contribution < -0.4 is 5.73 Å². The van der Waals surface area contributed by atoms with Gasteiger partial charge in [-0.15, -0.1) is 0 Å². The van der Waals surface area contributed by atoms with E-state index in [0.717, 1.165) is 19.2 Å². The number of benzene rings is 1. The van der Waals surface area contributed by atoms with Crippen LogP contribution in [0.3, 0.4) is 0 Å². The molecule has 2 heterocycles. The fraction of sp³-hybridized carbons (Fsp3) is 0. The van der Waals surface area contributed by atoms with Gasteiger partial charge in [-0.05, 0) is 34.7 Å². The van der Waals surface area contributed by atoms with Crippen molar-refractivity contribution in [2.24, 2.45) is 5.73 Å². The number of imidazole rings is 1. The van der Waals surface area contributed by atoms with Crippen LogP contribution in [0.15, 0.2) is 30.5 Å². The van der Waals surface area contributed by atoms with Crippen molar-refractivity contribution < 1.29 is 4.79 Å². The molecule has 0 unspecified atom stereocenters. The fourth-order valence-electron chi connectivity index (χ4n) is 1.59. The van der Waals surface area contributed by atoms with E-state index < -0.39 is 5.91 Å². The number of fused-ring (bicyclic) bond motifs is 1. The van der Waals surface area contributed by atoms with Gasteiger partial charge in [-0.2, -0.15) is 9.61 Å². The summed E-state index contributed by atoms with van der Waals surface area (Å²) in [5.74, 6) is -0.437. The summed E-state index contributed by atoms with van der Waals surface area (Å²) in [5, 5.41) is 5.27. The molecule has 7 heteroatoms. The maximum atomic E-state index is 11.1. The Hall–Kier alpha value is -1.48. The second kappa shape index (κ2) is 4.32. The molecule has 0 bridgehead atoms. The monoisotopic (exact) mass is 370 g/mol. The smallest absolute Gasteiger partial charge is 0.248 e. The highest BCUT2D eigenvalue weighted by Crippen LogP contribution is 2.26. The summed E-state index contributed by atoms with van der Waals surface area (Å²) in [5.41, 5.74) is 6.62. The van der Waals surface area contributed by atoms with E-state index in [-0.39, 0.29) is 0 Å². The molecular formula is C11H7IN4OS. The minimum atomic E-state index is -0.437. The van der Waals surface area contributed by atoms with E-state index in [2.05, 4.69) is 32.7 Å². The molecule has 1 aromatic carbocycles. The van der Waals surface area contributed by atoms with E-state index >= 15 is 0 Å². The van der Waals surface area contributed by atoms with Crippen LogP contribution in [0.5, 0.6) is 0 Å². The van der Waals surface area contributed by atoms with Gasteiger partial charge < -0.3 is 5.73 Å². The van der Waals surface area contributed by atoms with Gasteiger partial charge >= 0.3 is 0 Å². The normalized spacial score (nSPS) is 10.9. The lowest BCUT2D eigenvalue weighted by Crippen LogP contribution is -2.10. The van der Waals surface area contributed by atoms with Gasteiger partial charge in [0, 0.05) is 11.1 Å². The van der Waals surface area contributed by atoms with Gasteiger partial charge in [0.15, 0.2) is 0 Å². The van der Waals surface area contributed by atoms with Crippen LogP contribution in [-0.2, 0) is 0 Å². The molecule has 0 saturated carbocycles. The van der Waals surface area contributed by atoms with E-state index in [1.54, 1.807) is 28.9 Å². The number of aromatic nitrogens is 3. The Bertz CT molecular complexity index is 748. The first-order valence-electron chi connectivity index (χ1n) is 5.05. The molecule has 90 valence electrons. The lowest BCUT2D eigenvalue weighted by atomic mass is 10.1. The summed E-state index contributed by atoms with van der Waals surface area (Å²) >= 11 is 3.65. The molecule has 3 rings (SSSR count). The Kier molecular flexibility index (Phi) is 2.78. The quantitative estimate of drug-likeness (QED) is 0.703. The van der Waals surface area contributed by atoms with Crippen molar-refractivity contribution in [1.82, 2.24) is 14.6 Å². The highest BCUT2D eigenvalue weighted by molar-refractivity contribution is 14.1. The van der Waals surface area contributed by atoms with Crippen molar-refractivity contribution in [3.8, 4) is 10.6 Å². The summed E-state index contributed by atoms with van der Waals surface area (Å²) in [4.78, 5) is 16.2. The van der Waals surface area contributed by atoms with Crippen molar-refractivity contribution in [3.63, 3.8) is 0 Å². The topological polar surface area (TPSA) is 73.3 Å². The standard InChI is InChI=1S/C11H7IN4OS/c12-8-5-14-11-16(8)15-10(18-11)7-3-1-2-6(4-7)9(13)17/h1-5H,(H2,13,17). The van der Waals surface area contributed by atoms with Crippen molar-refractivity contribution >= 4 is 44.8 Å². The van der Waals surface area contributed by atoms with Gasteiger partial charge in [0.1, 0.15) is 8.71 Å². The molecule has 0 fully saturated rings. The Balaban J connectivity index is 2.13.